The number of aryl methyl sites for hydroxylation is 1. The smallest absolute Gasteiger partial charge is 0.342 e. The molecule has 33 heavy (non-hydrogen) atoms. The SMILES string of the molecule is C=C(C)[C@@H]1CCC(C)=CC1c1c(O)cc(CCCCC)c(C(=O)OCCNS(C)(=O)=O)c1O. The molecule has 0 fully saturated rings. The van der Waals surface area contributed by atoms with Crippen LogP contribution in [0.3, 0.4) is 0 Å². The van der Waals surface area contributed by atoms with Crippen LogP contribution in [0.1, 0.15) is 80.3 Å². The molecule has 0 spiro atoms. The summed E-state index contributed by atoms with van der Waals surface area (Å²) >= 11 is 0. The molecule has 1 aromatic carbocycles. The topological polar surface area (TPSA) is 113 Å². The number of allylic oxidation sites excluding steroid dienone is 3. The van der Waals surface area contributed by atoms with Crippen LogP contribution >= 0.6 is 0 Å². The van der Waals surface area contributed by atoms with E-state index in [-0.39, 0.29) is 42.0 Å². The number of nitrogens with one attached hydrogen (secondary N) is 1. The van der Waals surface area contributed by atoms with Crippen LogP contribution in [-0.2, 0) is 21.2 Å². The first-order chi connectivity index (χ1) is 15.5. The first kappa shape index (κ1) is 26.9. The molecule has 0 aromatic heterocycles. The lowest BCUT2D eigenvalue weighted by molar-refractivity contribution is 0.0508. The number of benzene rings is 1. The number of rotatable bonds is 11. The lowest BCUT2D eigenvalue weighted by Gasteiger charge is -2.32. The molecule has 0 saturated carbocycles. The Morgan fingerprint density at radius 1 is 1.30 bits per heavy atom. The molecule has 1 aromatic rings. The lowest BCUT2D eigenvalue weighted by atomic mass is 9.73. The third kappa shape index (κ3) is 7.33. The van der Waals surface area contributed by atoms with Crippen molar-refractivity contribution in [3.8, 4) is 11.5 Å². The highest BCUT2D eigenvalue weighted by atomic mass is 32.2. The van der Waals surface area contributed by atoms with E-state index >= 15 is 0 Å². The van der Waals surface area contributed by atoms with E-state index in [1.54, 1.807) is 6.07 Å². The highest BCUT2D eigenvalue weighted by Crippen LogP contribution is 2.48. The van der Waals surface area contributed by atoms with E-state index in [1.807, 2.05) is 19.9 Å². The predicted molar refractivity (Wildman–Crippen MR) is 130 cm³/mol. The van der Waals surface area contributed by atoms with E-state index < -0.39 is 16.0 Å². The fourth-order valence-electron chi connectivity index (χ4n) is 4.39. The van der Waals surface area contributed by atoms with Gasteiger partial charge in [-0.25, -0.2) is 17.9 Å². The van der Waals surface area contributed by atoms with Crippen LogP contribution in [0.15, 0.2) is 29.9 Å². The van der Waals surface area contributed by atoms with Gasteiger partial charge in [0.25, 0.3) is 0 Å². The second kappa shape index (κ2) is 11.7. The number of unbranched alkanes of at least 4 members (excludes halogenated alkanes) is 2. The summed E-state index contributed by atoms with van der Waals surface area (Å²) in [6.45, 7) is 9.87. The molecule has 0 heterocycles. The van der Waals surface area contributed by atoms with Crippen molar-refractivity contribution < 1.29 is 28.2 Å². The fraction of sp³-hybridized carbons (Fsp3) is 0.560. The molecule has 7 nitrogen and oxygen atoms in total. The number of esters is 1. The van der Waals surface area contributed by atoms with Crippen LogP contribution in [0.25, 0.3) is 0 Å². The molecule has 3 N–H and O–H groups in total. The quantitative estimate of drug-likeness (QED) is 0.244. The fourth-order valence-corrected chi connectivity index (χ4v) is 4.85. The number of hydrogen-bond donors (Lipinski definition) is 3. The summed E-state index contributed by atoms with van der Waals surface area (Å²) < 4.78 is 30.0. The Labute approximate surface area is 197 Å². The van der Waals surface area contributed by atoms with Crippen molar-refractivity contribution in [2.24, 2.45) is 5.92 Å². The molecule has 2 rings (SSSR count). The molecule has 8 heteroatoms. The number of carbonyl (C=O) groups is 1. The molecule has 1 aliphatic rings. The Bertz CT molecular complexity index is 1010. The van der Waals surface area contributed by atoms with Crippen LogP contribution in [0, 0.1) is 5.92 Å². The molecular weight excluding hydrogens is 442 g/mol. The van der Waals surface area contributed by atoms with Crippen molar-refractivity contribution in [3.05, 3.63) is 46.6 Å². The number of phenolic OH excluding ortho intramolecular Hbond substituents is 2. The number of phenols is 2. The molecule has 0 bridgehead atoms. The van der Waals surface area contributed by atoms with Gasteiger partial charge < -0.3 is 14.9 Å². The monoisotopic (exact) mass is 479 g/mol. The van der Waals surface area contributed by atoms with Gasteiger partial charge in [0.1, 0.15) is 23.7 Å². The van der Waals surface area contributed by atoms with Gasteiger partial charge in [0.2, 0.25) is 10.0 Å². The van der Waals surface area contributed by atoms with Crippen molar-refractivity contribution in [3.63, 3.8) is 0 Å². The Hall–Kier alpha value is -2.32. The number of carbonyl (C=O) groups excluding carboxylic acids is 1. The number of ether oxygens (including phenoxy) is 1. The molecule has 184 valence electrons. The maximum Gasteiger partial charge on any atom is 0.342 e. The summed E-state index contributed by atoms with van der Waals surface area (Å²) in [5.41, 5.74) is 2.97. The van der Waals surface area contributed by atoms with E-state index in [0.29, 0.717) is 17.5 Å². The zero-order valence-corrected chi connectivity index (χ0v) is 20.9. The Morgan fingerprint density at radius 3 is 2.61 bits per heavy atom. The van der Waals surface area contributed by atoms with Gasteiger partial charge in [-0.05, 0) is 57.1 Å². The molecule has 0 amide bonds. The Kier molecular flexibility index (Phi) is 9.55. The summed E-state index contributed by atoms with van der Waals surface area (Å²) in [5, 5.41) is 22.2. The zero-order chi connectivity index (χ0) is 24.8. The van der Waals surface area contributed by atoms with E-state index in [2.05, 4.69) is 18.2 Å². The third-order valence-electron chi connectivity index (χ3n) is 6.07. The number of aromatic hydroxyl groups is 2. The van der Waals surface area contributed by atoms with Crippen molar-refractivity contribution in [1.82, 2.24) is 4.72 Å². The van der Waals surface area contributed by atoms with Crippen molar-refractivity contribution in [1.29, 1.82) is 0 Å². The predicted octanol–water partition coefficient (Wildman–Crippen LogP) is 4.55. The van der Waals surface area contributed by atoms with Gasteiger partial charge in [0, 0.05) is 18.0 Å². The minimum atomic E-state index is -3.40. The largest absolute Gasteiger partial charge is 0.507 e. The summed E-state index contributed by atoms with van der Waals surface area (Å²) in [6, 6.07) is 1.56. The van der Waals surface area contributed by atoms with E-state index in [0.717, 1.165) is 49.5 Å². The standard InChI is InChI=1S/C25H37NO6S/c1-6-7-8-9-18-15-21(27)23(20-14-17(4)10-11-19(20)16(2)3)24(28)22(18)25(29)32-13-12-26-33(5,30)31/h14-15,19-20,26-28H,2,6-13H2,1,3-5H3/t19-,20?/m0/s1. The first-order valence-corrected chi connectivity index (χ1v) is 13.4. The van der Waals surface area contributed by atoms with E-state index in [1.165, 1.54) is 0 Å². The van der Waals surface area contributed by atoms with Gasteiger partial charge in [-0.2, -0.15) is 0 Å². The molecule has 0 saturated heterocycles. The number of hydrogen-bond acceptors (Lipinski definition) is 6. The van der Waals surface area contributed by atoms with Gasteiger partial charge in [0.05, 0.1) is 6.26 Å². The molecule has 2 atom stereocenters. The highest BCUT2D eigenvalue weighted by Gasteiger charge is 2.33. The van der Waals surface area contributed by atoms with Crippen LogP contribution < -0.4 is 4.72 Å². The maximum atomic E-state index is 13.0. The lowest BCUT2D eigenvalue weighted by Crippen LogP contribution is -2.27. The molecule has 1 aliphatic carbocycles. The third-order valence-corrected chi connectivity index (χ3v) is 6.80. The van der Waals surface area contributed by atoms with Gasteiger partial charge in [0.15, 0.2) is 0 Å². The Balaban J connectivity index is 2.47. The summed E-state index contributed by atoms with van der Waals surface area (Å²) in [5.74, 6) is -1.33. The van der Waals surface area contributed by atoms with Crippen LogP contribution in [-0.4, -0.2) is 44.0 Å². The minimum absolute atomic E-state index is 0.0271. The molecule has 1 unspecified atom stereocenters. The van der Waals surface area contributed by atoms with Crippen molar-refractivity contribution >= 4 is 16.0 Å². The first-order valence-electron chi connectivity index (χ1n) is 11.5. The molecule has 0 aliphatic heterocycles. The maximum absolute atomic E-state index is 13.0. The van der Waals surface area contributed by atoms with Crippen LogP contribution in [0.2, 0.25) is 0 Å². The molecular formula is C25H37NO6S. The average Bonchev–Trinajstić information content (AvgIpc) is 2.70. The second-order valence-electron chi connectivity index (χ2n) is 8.98. The van der Waals surface area contributed by atoms with Crippen LogP contribution in [0.4, 0.5) is 0 Å². The highest BCUT2D eigenvalue weighted by molar-refractivity contribution is 7.88. The number of sulfonamides is 1. The van der Waals surface area contributed by atoms with E-state index in [4.69, 9.17) is 4.74 Å². The summed E-state index contributed by atoms with van der Waals surface area (Å²) in [4.78, 5) is 13.0. The van der Waals surface area contributed by atoms with Gasteiger partial charge in [-0.1, -0.05) is 43.6 Å². The van der Waals surface area contributed by atoms with Crippen molar-refractivity contribution in [2.75, 3.05) is 19.4 Å². The normalized spacial score (nSPS) is 18.6. The van der Waals surface area contributed by atoms with Crippen molar-refractivity contribution in [2.45, 2.75) is 65.2 Å². The average molecular weight is 480 g/mol. The zero-order valence-electron chi connectivity index (χ0n) is 20.1. The van der Waals surface area contributed by atoms with E-state index in [9.17, 15) is 23.4 Å². The van der Waals surface area contributed by atoms with Gasteiger partial charge in [-0.15, -0.1) is 0 Å². The van der Waals surface area contributed by atoms with Gasteiger partial charge >= 0.3 is 5.97 Å². The van der Waals surface area contributed by atoms with Crippen LogP contribution in [0.5, 0.6) is 11.5 Å². The second-order valence-corrected chi connectivity index (χ2v) is 10.8. The minimum Gasteiger partial charge on any atom is -0.507 e. The Morgan fingerprint density at radius 2 is 2.00 bits per heavy atom. The summed E-state index contributed by atoms with van der Waals surface area (Å²) in [6.07, 6.45) is 8.03. The summed E-state index contributed by atoms with van der Waals surface area (Å²) in [7, 11) is -3.40. The molecule has 0 radical (unpaired) electrons. The van der Waals surface area contributed by atoms with Gasteiger partial charge in [-0.3, -0.25) is 0 Å².